The van der Waals surface area contributed by atoms with Crippen LogP contribution in [0, 0.1) is 0 Å². The van der Waals surface area contributed by atoms with E-state index < -0.39 is 60.0 Å². The number of carbonyl (C=O) groups excluding carboxylic acids is 4. The molecular weight excluding hydrogens is 621 g/mol. The molecule has 1 saturated heterocycles. The number of aliphatic hydroxyl groups excluding tert-OH is 1. The van der Waals surface area contributed by atoms with Crippen LogP contribution in [0.25, 0.3) is 0 Å². The Morgan fingerprint density at radius 2 is 1.55 bits per heavy atom. The van der Waals surface area contributed by atoms with Crippen molar-refractivity contribution in [2.45, 2.75) is 95.5 Å². The second kappa shape index (κ2) is 17.0. The summed E-state index contributed by atoms with van der Waals surface area (Å²) in [4.78, 5) is 53.1. The molecule has 2 aromatic rings. The Morgan fingerprint density at radius 3 is 2.15 bits per heavy atom. The van der Waals surface area contributed by atoms with E-state index in [1.165, 1.54) is 4.90 Å². The van der Waals surface area contributed by atoms with Crippen molar-refractivity contribution in [2.24, 2.45) is 0 Å². The lowest BCUT2D eigenvalue weighted by atomic mass is 10.0. The Kier molecular flexibility index (Phi) is 13.4. The molecule has 14 heteroatoms. The highest BCUT2D eigenvalue weighted by Crippen LogP contribution is 2.26. The molecule has 0 radical (unpaired) electrons. The molecule has 258 valence electrons. The van der Waals surface area contributed by atoms with Crippen LogP contribution in [-0.4, -0.2) is 83.1 Å². The van der Waals surface area contributed by atoms with Crippen LogP contribution in [0.15, 0.2) is 60.7 Å². The molecule has 0 aromatic heterocycles. The van der Waals surface area contributed by atoms with Gasteiger partial charge in [0.15, 0.2) is 6.10 Å². The molecule has 3 rings (SSSR count). The molecule has 47 heavy (non-hydrogen) atoms. The fourth-order valence-corrected chi connectivity index (χ4v) is 5.10. The zero-order chi connectivity index (χ0) is 34.6. The number of halogens is 3. The van der Waals surface area contributed by atoms with Crippen LogP contribution in [0.4, 0.5) is 22.8 Å². The molecule has 0 spiro atoms. The normalized spacial score (nSPS) is 16.8. The molecule has 2 aromatic carbocycles. The first-order valence-corrected chi connectivity index (χ1v) is 15.5. The molecule has 1 fully saturated rings. The van der Waals surface area contributed by atoms with E-state index in [0.717, 1.165) is 11.1 Å². The topological polar surface area (TPSA) is 146 Å². The molecule has 0 aliphatic carbocycles. The van der Waals surface area contributed by atoms with Crippen molar-refractivity contribution in [3.8, 4) is 0 Å². The van der Waals surface area contributed by atoms with E-state index in [0.29, 0.717) is 6.42 Å². The number of nitrogens with one attached hydrogen (secondary N) is 3. The van der Waals surface area contributed by atoms with Gasteiger partial charge in [-0.3, -0.25) is 9.59 Å². The quantitative estimate of drug-likeness (QED) is 0.235. The van der Waals surface area contributed by atoms with Crippen LogP contribution >= 0.6 is 0 Å². The van der Waals surface area contributed by atoms with Gasteiger partial charge < -0.3 is 35.4 Å². The Morgan fingerprint density at radius 1 is 0.936 bits per heavy atom. The second-order valence-electron chi connectivity index (χ2n) is 12.3. The summed E-state index contributed by atoms with van der Waals surface area (Å²) in [6.45, 7) is 5.01. The average Bonchev–Trinajstić information content (AvgIpc) is 3.50. The summed E-state index contributed by atoms with van der Waals surface area (Å²) in [5.74, 6) is -1.47. The van der Waals surface area contributed by atoms with E-state index in [1.807, 2.05) is 6.07 Å². The lowest BCUT2D eigenvalue weighted by molar-refractivity contribution is -0.212. The number of alkyl carbamates (subject to hydrolysis) is 2. The number of nitrogens with zero attached hydrogens (tertiary/aromatic N) is 1. The molecule has 1 aliphatic heterocycles. The first-order chi connectivity index (χ1) is 22.1. The van der Waals surface area contributed by atoms with Gasteiger partial charge in [0.25, 0.3) is 0 Å². The molecule has 4 amide bonds. The fraction of sp³-hybridized carbons (Fsp3) is 0.515. The SMILES string of the molecule is CC(C)(C)OC(=O)NCCCC(NC(=O)[C@@H]1CCCN1C(=O)[C@@H](Cc1ccccc1)NC(=O)OCc1ccccc1)C(O)C(F)(F)F. The van der Waals surface area contributed by atoms with Gasteiger partial charge in [-0.2, -0.15) is 13.2 Å². The maximum atomic E-state index is 13.8. The van der Waals surface area contributed by atoms with Crippen molar-refractivity contribution in [2.75, 3.05) is 13.1 Å². The van der Waals surface area contributed by atoms with Crippen LogP contribution in [0.3, 0.4) is 0 Å². The van der Waals surface area contributed by atoms with Gasteiger partial charge in [0.2, 0.25) is 11.8 Å². The summed E-state index contributed by atoms with van der Waals surface area (Å²) >= 11 is 0. The first kappa shape index (κ1) is 37.1. The molecule has 0 bridgehead atoms. The van der Waals surface area contributed by atoms with E-state index >= 15 is 0 Å². The monoisotopic (exact) mass is 664 g/mol. The molecule has 1 aliphatic rings. The van der Waals surface area contributed by atoms with Crippen LogP contribution in [-0.2, 0) is 32.1 Å². The Balaban J connectivity index is 1.69. The summed E-state index contributed by atoms with van der Waals surface area (Å²) in [7, 11) is 0. The zero-order valence-electron chi connectivity index (χ0n) is 26.7. The molecule has 0 saturated carbocycles. The average molecular weight is 665 g/mol. The van der Waals surface area contributed by atoms with Crippen LogP contribution in [0.5, 0.6) is 0 Å². The smallest absolute Gasteiger partial charge is 0.416 e. The summed E-state index contributed by atoms with van der Waals surface area (Å²) in [6, 6.07) is 13.8. The molecule has 11 nitrogen and oxygen atoms in total. The number of hydrogen-bond donors (Lipinski definition) is 4. The maximum absolute atomic E-state index is 13.8. The molecule has 4 atom stereocenters. The third-order valence-corrected chi connectivity index (χ3v) is 7.33. The van der Waals surface area contributed by atoms with E-state index in [1.54, 1.807) is 75.4 Å². The number of benzene rings is 2. The van der Waals surface area contributed by atoms with Crippen LogP contribution < -0.4 is 16.0 Å². The van der Waals surface area contributed by atoms with Crippen molar-refractivity contribution in [1.82, 2.24) is 20.9 Å². The van der Waals surface area contributed by atoms with Gasteiger partial charge in [0, 0.05) is 19.5 Å². The number of carbonyl (C=O) groups is 4. The minimum absolute atomic E-state index is 0.0151. The van der Waals surface area contributed by atoms with Crippen molar-refractivity contribution >= 4 is 24.0 Å². The van der Waals surface area contributed by atoms with Gasteiger partial charge in [0.1, 0.15) is 24.3 Å². The molecule has 1 heterocycles. The summed E-state index contributed by atoms with van der Waals surface area (Å²) in [6.07, 6.45) is -9.22. The lowest BCUT2D eigenvalue weighted by Gasteiger charge is -2.31. The number of alkyl halides is 3. The van der Waals surface area contributed by atoms with Gasteiger partial charge >= 0.3 is 18.4 Å². The maximum Gasteiger partial charge on any atom is 0.416 e. The predicted molar refractivity (Wildman–Crippen MR) is 166 cm³/mol. The van der Waals surface area contributed by atoms with Crippen LogP contribution in [0.2, 0.25) is 0 Å². The van der Waals surface area contributed by atoms with E-state index in [2.05, 4.69) is 16.0 Å². The standard InChI is InChI=1S/C33H43F3N4O7/c1-32(2,3)47-30(44)37-18-10-16-24(27(41)33(34,35)36)38-28(42)26-17-11-19-40(26)29(43)25(20-22-12-6-4-7-13-22)39-31(45)46-21-23-14-8-5-9-15-23/h4-9,12-15,24-27,41H,10-11,16-21H2,1-3H3,(H,37,44)(H,38,42)(H,39,45)/t24?,25-,26+,27?/m1/s1. The zero-order valence-corrected chi connectivity index (χ0v) is 26.7. The van der Waals surface area contributed by atoms with Gasteiger partial charge in [-0.15, -0.1) is 0 Å². The van der Waals surface area contributed by atoms with Crippen LogP contribution in [0.1, 0.15) is 57.6 Å². The van der Waals surface area contributed by atoms with Gasteiger partial charge in [-0.05, 0) is 57.6 Å². The van der Waals surface area contributed by atoms with Crippen molar-refractivity contribution in [3.63, 3.8) is 0 Å². The lowest BCUT2D eigenvalue weighted by Crippen LogP contribution is -2.57. The second-order valence-corrected chi connectivity index (χ2v) is 12.3. The molecule has 4 N–H and O–H groups in total. The third kappa shape index (κ3) is 12.4. The highest BCUT2D eigenvalue weighted by Gasteiger charge is 2.45. The predicted octanol–water partition coefficient (Wildman–Crippen LogP) is 4.23. The Hall–Kier alpha value is -4.33. The largest absolute Gasteiger partial charge is 0.445 e. The molecular formula is C33H43F3N4O7. The number of aliphatic hydroxyl groups is 1. The van der Waals surface area contributed by atoms with Gasteiger partial charge in [-0.25, -0.2) is 9.59 Å². The van der Waals surface area contributed by atoms with E-state index in [4.69, 9.17) is 9.47 Å². The highest BCUT2D eigenvalue weighted by molar-refractivity contribution is 5.92. The number of rotatable bonds is 13. The number of ether oxygens (including phenoxy) is 2. The third-order valence-electron chi connectivity index (χ3n) is 7.33. The molecule has 2 unspecified atom stereocenters. The van der Waals surface area contributed by atoms with Gasteiger partial charge in [-0.1, -0.05) is 60.7 Å². The van der Waals surface area contributed by atoms with Crippen molar-refractivity contribution in [1.29, 1.82) is 0 Å². The minimum Gasteiger partial charge on any atom is -0.445 e. The van der Waals surface area contributed by atoms with Crippen molar-refractivity contribution < 1.29 is 46.9 Å². The number of amides is 4. The summed E-state index contributed by atoms with van der Waals surface area (Å²) in [5, 5.41) is 17.4. The summed E-state index contributed by atoms with van der Waals surface area (Å²) in [5.41, 5.74) is 0.694. The van der Waals surface area contributed by atoms with E-state index in [9.17, 15) is 37.5 Å². The van der Waals surface area contributed by atoms with Crippen molar-refractivity contribution in [3.05, 3.63) is 71.8 Å². The first-order valence-electron chi connectivity index (χ1n) is 15.5. The van der Waals surface area contributed by atoms with E-state index in [-0.39, 0.29) is 45.4 Å². The highest BCUT2D eigenvalue weighted by atomic mass is 19.4. The number of likely N-dealkylation sites (tertiary alicyclic amines) is 1. The Labute approximate surface area is 272 Å². The Bertz CT molecular complexity index is 1320. The summed E-state index contributed by atoms with van der Waals surface area (Å²) < 4.78 is 51.1. The minimum atomic E-state index is -5.04. The number of hydrogen-bond acceptors (Lipinski definition) is 7. The van der Waals surface area contributed by atoms with Gasteiger partial charge in [0.05, 0.1) is 6.04 Å². The fourth-order valence-electron chi connectivity index (χ4n) is 5.10.